The maximum absolute atomic E-state index is 14.1. The zero-order valence-electron chi connectivity index (χ0n) is 21.2. The van der Waals surface area contributed by atoms with Gasteiger partial charge in [-0.15, -0.1) is 11.3 Å². The van der Waals surface area contributed by atoms with Crippen molar-refractivity contribution in [3.8, 4) is 0 Å². The fourth-order valence-electron chi connectivity index (χ4n) is 5.58. The number of hydrogen-bond donors (Lipinski definition) is 0. The lowest BCUT2D eigenvalue weighted by atomic mass is 9.93. The molecule has 0 spiro atoms. The van der Waals surface area contributed by atoms with Crippen LogP contribution in [0, 0.1) is 11.7 Å². The SMILES string of the molecule is CCCC[C@H](CC)C(=O)N1CCN(C(=O)CN2CCc3sccc3[C@@H]2c2cccc(F)c2)C[C@@H]1C. The number of carbonyl (C=O) groups is 2. The van der Waals surface area contributed by atoms with E-state index < -0.39 is 0 Å². The van der Waals surface area contributed by atoms with E-state index in [1.807, 2.05) is 15.9 Å². The van der Waals surface area contributed by atoms with Crippen molar-refractivity contribution in [2.24, 2.45) is 5.92 Å². The highest BCUT2D eigenvalue weighted by Crippen LogP contribution is 2.38. The van der Waals surface area contributed by atoms with Crippen LogP contribution in [0.2, 0.25) is 0 Å². The van der Waals surface area contributed by atoms with Crippen LogP contribution in [0.1, 0.15) is 68.5 Å². The average molecular weight is 500 g/mol. The molecule has 0 radical (unpaired) electrons. The topological polar surface area (TPSA) is 43.9 Å². The molecule has 1 aromatic carbocycles. The summed E-state index contributed by atoms with van der Waals surface area (Å²) >= 11 is 1.74. The summed E-state index contributed by atoms with van der Waals surface area (Å²) in [5, 5.41) is 2.09. The molecule has 190 valence electrons. The van der Waals surface area contributed by atoms with E-state index in [9.17, 15) is 14.0 Å². The van der Waals surface area contributed by atoms with Crippen molar-refractivity contribution in [1.29, 1.82) is 0 Å². The molecule has 0 N–H and O–H groups in total. The highest BCUT2D eigenvalue weighted by atomic mass is 32.1. The first-order chi connectivity index (χ1) is 16.9. The Kier molecular flexibility index (Phi) is 8.60. The molecule has 2 aliphatic rings. The zero-order chi connectivity index (χ0) is 24.9. The monoisotopic (exact) mass is 499 g/mol. The van der Waals surface area contributed by atoms with E-state index in [4.69, 9.17) is 0 Å². The fraction of sp³-hybridized carbons (Fsp3) is 0.571. The molecule has 2 aromatic rings. The van der Waals surface area contributed by atoms with Crippen LogP contribution in [-0.4, -0.2) is 65.3 Å². The molecule has 5 nitrogen and oxygen atoms in total. The minimum atomic E-state index is -0.255. The molecule has 0 aliphatic carbocycles. The van der Waals surface area contributed by atoms with Gasteiger partial charge in [-0.2, -0.15) is 0 Å². The van der Waals surface area contributed by atoms with Crippen LogP contribution >= 0.6 is 11.3 Å². The number of nitrogens with zero attached hydrogens (tertiary/aromatic N) is 3. The van der Waals surface area contributed by atoms with Crippen LogP contribution in [0.15, 0.2) is 35.7 Å². The van der Waals surface area contributed by atoms with E-state index in [1.54, 1.807) is 23.5 Å². The summed E-state index contributed by atoms with van der Waals surface area (Å²) in [4.78, 5) is 34.0. The lowest BCUT2D eigenvalue weighted by molar-refractivity contribution is -0.146. The summed E-state index contributed by atoms with van der Waals surface area (Å²) in [7, 11) is 0. The van der Waals surface area contributed by atoms with Gasteiger partial charge >= 0.3 is 0 Å². The maximum atomic E-state index is 14.1. The van der Waals surface area contributed by atoms with Gasteiger partial charge in [0.25, 0.3) is 0 Å². The van der Waals surface area contributed by atoms with E-state index in [0.717, 1.165) is 44.2 Å². The first-order valence-corrected chi connectivity index (χ1v) is 13.9. The van der Waals surface area contributed by atoms with Crippen LogP contribution < -0.4 is 0 Å². The van der Waals surface area contributed by atoms with Crippen molar-refractivity contribution < 1.29 is 14.0 Å². The van der Waals surface area contributed by atoms with Gasteiger partial charge in [-0.05, 0) is 60.9 Å². The number of piperazine rings is 1. The number of fused-ring (bicyclic) bond motifs is 1. The van der Waals surface area contributed by atoms with E-state index in [1.165, 1.54) is 16.5 Å². The molecule has 0 unspecified atom stereocenters. The van der Waals surface area contributed by atoms with Crippen molar-refractivity contribution in [2.45, 2.75) is 65.0 Å². The Morgan fingerprint density at radius 1 is 1.17 bits per heavy atom. The second-order valence-corrected chi connectivity index (χ2v) is 10.9. The molecule has 1 saturated heterocycles. The largest absolute Gasteiger partial charge is 0.338 e. The third-order valence-electron chi connectivity index (χ3n) is 7.58. The Balaban J connectivity index is 1.43. The number of halogens is 1. The Morgan fingerprint density at radius 3 is 2.71 bits per heavy atom. The number of carbonyl (C=O) groups excluding carboxylic acids is 2. The van der Waals surface area contributed by atoms with Gasteiger partial charge in [0.2, 0.25) is 11.8 Å². The Hall–Kier alpha value is -2.25. The number of thiophene rings is 1. The van der Waals surface area contributed by atoms with Gasteiger partial charge in [-0.3, -0.25) is 14.5 Å². The van der Waals surface area contributed by atoms with Gasteiger partial charge < -0.3 is 9.80 Å². The second-order valence-electron chi connectivity index (χ2n) is 9.94. The Labute approximate surface area is 212 Å². The normalized spacial score (nSPS) is 21.6. The molecule has 2 amide bonds. The van der Waals surface area contributed by atoms with Gasteiger partial charge in [0.05, 0.1) is 12.6 Å². The standard InChI is InChI=1S/C28H38FN3O2S/c1-4-6-8-21(5-2)28(34)32-15-14-30(18-20(32)3)26(33)19-31-13-11-25-24(12-16-35-25)27(31)22-9-7-10-23(29)17-22/h7,9-10,12,16-17,20-21,27H,4-6,8,11,13-15,18-19H2,1-3H3/t20-,21-,27-/m0/s1. The summed E-state index contributed by atoms with van der Waals surface area (Å²) < 4.78 is 14.1. The van der Waals surface area contributed by atoms with Crippen LogP contribution in [-0.2, 0) is 16.0 Å². The van der Waals surface area contributed by atoms with E-state index in [0.29, 0.717) is 26.2 Å². The Bertz CT molecular complexity index is 1030. The zero-order valence-corrected chi connectivity index (χ0v) is 22.0. The van der Waals surface area contributed by atoms with Crippen molar-refractivity contribution in [3.63, 3.8) is 0 Å². The summed E-state index contributed by atoms with van der Waals surface area (Å²) in [5.74, 6) is 0.157. The van der Waals surface area contributed by atoms with Crippen LogP contribution in [0.25, 0.3) is 0 Å². The van der Waals surface area contributed by atoms with Crippen molar-refractivity contribution in [2.75, 3.05) is 32.7 Å². The molecule has 7 heteroatoms. The molecule has 3 atom stereocenters. The number of hydrogen-bond acceptors (Lipinski definition) is 4. The number of rotatable bonds is 8. The van der Waals surface area contributed by atoms with Crippen molar-refractivity contribution in [3.05, 3.63) is 57.5 Å². The molecular formula is C28H38FN3O2S. The average Bonchev–Trinajstić information content (AvgIpc) is 3.33. The van der Waals surface area contributed by atoms with Gasteiger partial charge in [-0.1, -0.05) is 38.8 Å². The molecule has 1 fully saturated rings. The third-order valence-corrected chi connectivity index (χ3v) is 8.58. The molecule has 35 heavy (non-hydrogen) atoms. The third kappa shape index (κ3) is 5.78. The van der Waals surface area contributed by atoms with Gasteiger partial charge in [0.1, 0.15) is 5.82 Å². The summed E-state index contributed by atoms with van der Waals surface area (Å²) in [6, 6.07) is 8.75. The molecule has 3 heterocycles. The van der Waals surface area contributed by atoms with Gasteiger partial charge in [0.15, 0.2) is 0 Å². The molecule has 4 rings (SSSR count). The predicted molar refractivity (Wildman–Crippen MR) is 139 cm³/mol. The molecule has 0 saturated carbocycles. The maximum Gasteiger partial charge on any atom is 0.236 e. The van der Waals surface area contributed by atoms with Crippen LogP contribution in [0.4, 0.5) is 4.39 Å². The van der Waals surface area contributed by atoms with Gasteiger partial charge in [-0.25, -0.2) is 4.39 Å². The quantitative estimate of drug-likeness (QED) is 0.507. The fourth-order valence-corrected chi connectivity index (χ4v) is 6.48. The highest BCUT2D eigenvalue weighted by Gasteiger charge is 2.35. The minimum Gasteiger partial charge on any atom is -0.338 e. The van der Waals surface area contributed by atoms with Crippen LogP contribution in [0.3, 0.4) is 0 Å². The Morgan fingerprint density at radius 2 is 2.00 bits per heavy atom. The molecule has 0 bridgehead atoms. The molecular weight excluding hydrogens is 461 g/mol. The van der Waals surface area contributed by atoms with Crippen LogP contribution in [0.5, 0.6) is 0 Å². The smallest absolute Gasteiger partial charge is 0.236 e. The van der Waals surface area contributed by atoms with E-state index >= 15 is 0 Å². The number of unbranched alkanes of at least 4 members (excludes halogenated alkanes) is 1. The van der Waals surface area contributed by atoms with E-state index in [2.05, 4.69) is 37.1 Å². The number of benzene rings is 1. The lowest BCUT2D eigenvalue weighted by Crippen LogP contribution is -2.58. The number of amides is 2. The molecule has 2 aliphatic heterocycles. The lowest BCUT2D eigenvalue weighted by Gasteiger charge is -2.42. The van der Waals surface area contributed by atoms with Gasteiger partial charge in [0, 0.05) is 43.0 Å². The first kappa shape index (κ1) is 25.8. The summed E-state index contributed by atoms with van der Waals surface area (Å²) in [6.07, 6.45) is 4.89. The van der Waals surface area contributed by atoms with Crippen molar-refractivity contribution in [1.82, 2.24) is 14.7 Å². The van der Waals surface area contributed by atoms with E-state index in [-0.39, 0.29) is 35.6 Å². The summed E-state index contributed by atoms with van der Waals surface area (Å²) in [6.45, 7) is 9.10. The van der Waals surface area contributed by atoms with Crippen molar-refractivity contribution >= 4 is 23.2 Å². The first-order valence-electron chi connectivity index (χ1n) is 13.1. The predicted octanol–water partition coefficient (Wildman–Crippen LogP) is 5.11. The minimum absolute atomic E-state index is 0.0136. The second kappa shape index (κ2) is 11.7. The highest BCUT2D eigenvalue weighted by molar-refractivity contribution is 7.10. The summed E-state index contributed by atoms with van der Waals surface area (Å²) in [5.41, 5.74) is 2.07. The molecule has 1 aromatic heterocycles.